The number of alkyl halides is 3. The van der Waals surface area contributed by atoms with Crippen molar-refractivity contribution >= 4 is 11.6 Å². The Morgan fingerprint density at radius 1 is 1.09 bits per heavy atom. The molecule has 0 aliphatic carbocycles. The van der Waals surface area contributed by atoms with Gasteiger partial charge in [-0.1, -0.05) is 30.3 Å². The predicted molar refractivity (Wildman–Crippen MR) is 75.9 cm³/mol. The van der Waals surface area contributed by atoms with Crippen LogP contribution < -0.4 is 0 Å². The number of aliphatic hydroxyl groups excluding tert-OH is 4. The van der Waals surface area contributed by atoms with Gasteiger partial charge in [0.05, 0.1) is 6.61 Å². The largest absolute Gasteiger partial charge is 0.394 e. The van der Waals surface area contributed by atoms with Crippen molar-refractivity contribution in [1.82, 2.24) is 0 Å². The quantitative estimate of drug-likeness (QED) is 0.517. The summed E-state index contributed by atoms with van der Waals surface area (Å²) < 4.78 is 33.1. The highest BCUT2D eigenvalue weighted by Gasteiger charge is 2.48. The molecule has 1 aromatic rings. The monoisotopic (exact) mass is 340 g/mol. The maximum Gasteiger partial charge on any atom is 0.291 e. The van der Waals surface area contributed by atoms with Gasteiger partial charge in [0.15, 0.2) is 0 Å². The average Bonchev–Trinajstić information content (AvgIpc) is 2.54. The summed E-state index contributed by atoms with van der Waals surface area (Å²) in [5.74, 6) is -3.63. The molecule has 0 aliphatic rings. The van der Waals surface area contributed by atoms with Crippen LogP contribution in [-0.2, 0) is 10.7 Å². The smallest absolute Gasteiger partial charge is 0.291 e. The van der Waals surface area contributed by atoms with E-state index >= 15 is 0 Å². The Bertz CT molecular complexity index is 444. The van der Waals surface area contributed by atoms with Crippen LogP contribution in [0, 0.1) is 0 Å². The van der Waals surface area contributed by atoms with Crippen LogP contribution >= 0.6 is 11.6 Å². The van der Waals surface area contributed by atoms with E-state index in [1.807, 2.05) is 0 Å². The third-order valence-corrected chi connectivity index (χ3v) is 3.90. The summed E-state index contributed by atoms with van der Waals surface area (Å²) in [4.78, 5) is 0. The topological polar surface area (TPSA) is 90.2 Å². The fourth-order valence-electron chi connectivity index (χ4n) is 1.95. The van der Waals surface area contributed by atoms with E-state index in [4.69, 9.17) is 16.7 Å². The van der Waals surface area contributed by atoms with Crippen molar-refractivity contribution < 1.29 is 33.9 Å². The van der Waals surface area contributed by atoms with Crippen LogP contribution in [0.2, 0.25) is 0 Å². The molecule has 0 fully saturated rings. The molecule has 1 aromatic carbocycles. The predicted octanol–water partition coefficient (Wildman–Crippen LogP) is 0.476. The van der Waals surface area contributed by atoms with E-state index in [1.54, 1.807) is 6.07 Å². The van der Waals surface area contributed by atoms with Crippen molar-refractivity contribution in [2.24, 2.45) is 0 Å². The first-order valence-electron chi connectivity index (χ1n) is 6.52. The van der Waals surface area contributed by atoms with Gasteiger partial charge in [0, 0.05) is 12.7 Å². The molecule has 0 amide bonds. The Morgan fingerprint density at radius 2 is 1.64 bits per heavy atom. The highest BCUT2D eigenvalue weighted by molar-refractivity contribution is 6.21. The second kappa shape index (κ2) is 8.14. The van der Waals surface area contributed by atoms with Gasteiger partial charge in [-0.25, -0.2) is 0 Å². The lowest BCUT2D eigenvalue weighted by atomic mass is 9.95. The highest BCUT2D eigenvalue weighted by Crippen LogP contribution is 2.37. The molecule has 4 N–H and O–H groups in total. The van der Waals surface area contributed by atoms with Gasteiger partial charge < -0.3 is 25.2 Å². The van der Waals surface area contributed by atoms with E-state index in [-0.39, 0.29) is 0 Å². The first-order valence-corrected chi connectivity index (χ1v) is 6.96. The van der Waals surface area contributed by atoms with Gasteiger partial charge in [-0.15, -0.1) is 11.6 Å². The standard InChI is InChI=1S/C14H19ClF2O5/c1-22-9(7-18)10(19)11(20)12(21)13(15)14(16,17)8-5-3-2-4-6-8/h2-6,9-13,18-21H,7H2,1H3/t9-,10-,11+,12-,13-/m1/s1. The van der Waals surface area contributed by atoms with Gasteiger partial charge in [0.1, 0.15) is 29.8 Å². The molecule has 1 rings (SSSR count). The van der Waals surface area contributed by atoms with Crippen molar-refractivity contribution in [3.8, 4) is 0 Å². The van der Waals surface area contributed by atoms with E-state index in [9.17, 15) is 24.1 Å². The summed E-state index contributed by atoms with van der Waals surface area (Å²) in [6.07, 6.45) is -7.18. The molecule has 0 heterocycles. The van der Waals surface area contributed by atoms with E-state index < -0.39 is 47.9 Å². The summed E-state index contributed by atoms with van der Waals surface area (Å²) in [5, 5.41) is 36.1. The number of rotatable bonds is 8. The van der Waals surface area contributed by atoms with Gasteiger partial charge in [-0.3, -0.25) is 0 Å². The molecule has 0 radical (unpaired) electrons. The second-order valence-corrected chi connectivity index (χ2v) is 5.29. The molecule has 0 spiro atoms. The lowest BCUT2D eigenvalue weighted by molar-refractivity contribution is -0.143. The van der Waals surface area contributed by atoms with Crippen LogP contribution in [0.4, 0.5) is 8.78 Å². The van der Waals surface area contributed by atoms with E-state index in [0.29, 0.717) is 0 Å². The third-order valence-electron chi connectivity index (χ3n) is 3.37. The molecular formula is C14H19ClF2O5. The number of halogens is 3. The van der Waals surface area contributed by atoms with Gasteiger partial charge >= 0.3 is 0 Å². The highest BCUT2D eigenvalue weighted by atomic mass is 35.5. The normalized spacial score (nSPS) is 19.3. The van der Waals surface area contributed by atoms with E-state index in [1.165, 1.54) is 12.1 Å². The molecule has 0 unspecified atom stereocenters. The van der Waals surface area contributed by atoms with Gasteiger partial charge in [0.2, 0.25) is 0 Å². The van der Waals surface area contributed by atoms with Crippen molar-refractivity contribution in [3.63, 3.8) is 0 Å². The van der Waals surface area contributed by atoms with Crippen LogP contribution in [0.1, 0.15) is 5.56 Å². The minimum atomic E-state index is -3.63. The Balaban J connectivity index is 2.89. The molecular weight excluding hydrogens is 322 g/mol. The molecule has 126 valence electrons. The second-order valence-electron chi connectivity index (χ2n) is 4.82. The van der Waals surface area contributed by atoms with Crippen LogP contribution in [0.15, 0.2) is 30.3 Å². The van der Waals surface area contributed by atoms with E-state index in [0.717, 1.165) is 19.2 Å². The zero-order chi connectivity index (χ0) is 16.9. The molecule has 0 saturated carbocycles. The van der Waals surface area contributed by atoms with Crippen molar-refractivity contribution in [2.45, 2.75) is 35.7 Å². The minimum absolute atomic E-state index is 0.429. The first-order chi connectivity index (χ1) is 10.3. The fraction of sp³-hybridized carbons (Fsp3) is 0.571. The Hall–Kier alpha value is -0.830. The molecule has 5 nitrogen and oxygen atoms in total. The number of hydrogen-bond donors (Lipinski definition) is 4. The fourth-order valence-corrected chi connectivity index (χ4v) is 2.23. The van der Waals surface area contributed by atoms with Crippen molar-refractivity contribution in [3.05, 3.63) is 35.9 Å². The summed E-state index contributed by atoms with van der Waals surface area (Å²) in [6.45, 7) is -0.663. The molecule has 8 heteroatoms. The van der Waals surface area contributed by atoms with Crippen LogP contribution in [0.5, 0.6) is 0 Å². The molecule has 0 bridgehead atoms. The molecule has 0 saturated heterocycles. The number of hydrogen-bond acceptors (Lipinski definition) is 5. The average molecular weight is 341 g/mol. The summed E-state index contributed by atoms with van der Waals surface area (Å²) >= 11 is 5.61. The zero-order valence-electron chi connectivity index (χ0n) is 11.8. The summed E-state index contributed by atoms with van der Waals surface area (Å²) in [7, 11) is 1.15. The third kappa shape index (κ3) is 4.13. The number of ether oxygens (including phenoxy) is 1. The van der Waals surface area contributed by atoms with Gasteiger partial charge in [-0.2, -0.15) is 8.78 Å². The number of aliphatic hydroxyl groups is 4. The van der Waals surface area contributed by atoms with Gasteiger partial charge in [-0.05, 0) is 0 Å². The molecule has 5 atom stereocenters. The zero-order valence-corrected chi connectivity index (χ0v) is 12.6. The van der Waals surface area contributed by atoms with Crippen LogP contribution in [-0.4, -0.2) is 63.9 Å². The Morgan fingerprint density at radius 3 is 2.09 bits per heavy atom. The van der Waals surface area contributed by atoms with E-state index in [2.05, 4.69) is 4.74 Å². The lowest BCUT2D eigenvalue weighted by Crippen LogP contribution is -2.52. The summed E-state index contributed by atoms with van der Waals surface area (Å²) in [5.41, 5.74) is -0.429. The lowest BCUT2D eigenvalue weighted by Gasteiger charge is -2.32. The van der Waals surface area contributed by atoms with Crippen LogP contribution in [0.25, 0.3) is 0 Å². The minimum Gasteiger partial charge on any atom is -0.394 e. The maximum absolute atomic E-state index is 14.2. The molecule has 0 aromatic heterocycles. The Kier molecular flexibility index (Phi) is 7.11. The maximum atomic E-state index is 14.2. The summed E-state index contributed by atoms with van der Waals surface area (Å²) in [6, 6.07) is 6.59. The number of benzene rings is 1. The van der Waals surface area contributed by atoms with Crippen molar-refractivity contribution in [1.29, 1.82) is 0 Å². The van der Waals surface area contributed by atoms with Crippen LogP contribution in [0.3, 0.4) is 0 Å². The van der Waals surface area contributed by atoms with Gasteiger partial charge in [0.25, 0.3) is 5.92 Å². The van der Waals surface area contributed by atoms with Crippen molar-refractivity contribution in [2.75, 3.05) is 13.7 Å². The molecule has 0 aliphatic heterocycles. The Labute approximate surface area is 131 Å². The first kappa shape index (κ1) is 19.2. The number of methoxy groups -OCH3 is 1. The SMILES string of the molecule is CO[C@H](CO)[C@@H](O)[C@H](O)[C@@H](O)[C@@H](Cl)C(F)(F)c1ccccc1. The molecule has 22 heavy (non-hydrogen) atoms.